The van der Waals surface area contributed by atoms with Gasteiger partial charge in [-0.2, -0.15) is 0 Å². The molecule has 5 nitrogen and oxygen atoms in total. The van der Waals surface area contributed by atoms with E-state index in [1.54, 1.807) is 0 Å². The number of oxazole rings is 1. The molecule has 2 unspecified atom stereocenters. The van der Waals surface area contributed by atoms with E-state index >= 15 is 0 Å². The first-order valence-electron chi connectivity index (χ1n) is 10.7. The summed E-state index contributed by atoms with van der Waals surface area (Å²) in [4.78, 5) is 17.2. The Labute approximate surface area is 177 Å². The van der Waals surface area contributed by atoms with Gasteiger partial charge in [-0.3, -0.25) is 4.79 Å². The molecule has 0 aliphatic heterocycles. The number of para-hydroxylation sites is 1. The van der Waals surface area contributed by atoms with E-state index in [2.05, 4.69) is 17.2 Å². The molecular formula is C25H28N2O3. The zero-order chi connectivity index (χ0) is 20.9. The normalized spacial score (nSPS) is 18.7. The van der Waals surface area contributed by atoms with E-state index in [-0.39, 0.29) is 11.9 Å². The summed E-state index contributed by atoms with van der Waals surface area (Å²) in [6.45, 7) is 4.45. The van der Waals surface area contributed by atoms with Gasteiger partial charge in [-0.15, -0.1) is 0 Å². The molecule has 1 aliphatic carbocycles. The monoisotopic (exact) mass is 404 g/mol. The summed E-state index contributed by atoms with van der Waals surface area (Å²) in [5, 5.41) is 3.20. The molecule has 1 saturated carbocycles. The van der Waals surface area contributed by atoms with E-state index in [1.165, 1.54) is 19.3 Å². The van der Waals surface area contributed by atoms with Gasteiger partial charge in [0, 0.05) is 17.2 Å². The number of hydrogen-bond acceptors (Lipinski definition) is 4. The second-order valence-corrected chi connectivity index (χ2v) is 8.04. The largest absolute Gasteiger partial charge is 0.487 e. The Hall–Kier alpha value is -3.08. The molecule has 2 atom stereocenters. The molecule has 2 aromatic carbocycles. The van der Waals surface area contributed by atoms with Gasteiger partial charge >= 0.3 is 0 Å². The fourth-order valence-electron chi connectivity index (χ4n) is 3.90. The predicted octanol–water partition coefficient (Wildman–Crippen LogP) is 5.54. The average Bonchev–Trinajstić information content (AvgIpc) is 3.15. The molecule has 4 rings (SSSR count). The van der Waals surface area contributed by atoms with Crippen LogP contribution in [0, 0.1) is 12.8 Å². The van der Waals surface area contributed by atoms with E-state index in [9.17, 15) is 4.79 Å². The quantitative estimate of drug-likeness (QED) is 0.586. The van der Waals surface area contributed by atoms with E-state index in [4.69, 9.17) is 9.15 Å². The Morgan fingerprint density at radius 3 is 2.57 bits per heavy atom. The predicted molar refractivity (Wildman–Crippen MR) is 116 cm³/mol. The van der Waals surface area contributed by atoms with Gasteiger partial charge in [0.1, 0.15) is 23.8 Å². The second kappa shape index (κ2) is 9.16. The number of rotatable bonds is 6. The summed E-state index contributed by atoms with van der Waals surface area (Å²) in [5.41, 5.74) is 2.26. The Morgan fingerprint density at radius 1 is 1.10 bits per heavy atom. The molecule has 1 aromatic heterocycles. The van der Waals surface area contributed by atoms with Crippen LogP contribution in [0.1, 0.15) is 54.4 Å². The Kier molecular flexibility index (Phi) is 6.17. The molecule has 1 N–H and O–H groups in total. The summed E-state index contributed by atoms with van der Waals surface area (Å²) in [5.74, 6) is 2.58. The molecule has 5 heteroatoms. The molecule has 1 amide bonds. The molecule has 30 heavy (non-hydrogen) atoms. The van der Waals surface area contributed by atoms with Crippen LogP contribution in [0.25, 0.3) is 11.5 Å². The van der Waals surface area contributed by atoms with Crippen LogP contribution in [0.5, 0.6) is 5.75 Å². The summed E-state index contributed by atoms with van der Waals surface area (Å²) in [7, 11) is 0. The summed E-state index contributed by atoms with van der Waals surface area (Å²) >= 11 is 0. The highest BCUT2D eigenvalue weighted by molar-refractivity contribution is 5.94. The number of hydrogen-bond donors (Lipinski definition) is 1. The molecule has 1 heterocycles. The van der Waals surface area contributed by atoms with E-state index in [1.807, 2.05) is 61.5 Å². The molecule has 3 aromatic rings. The van der Waals surface area contributed by atoms with Crippen LogP contribution in [0.4, 0.5) is 0 Å². The number of amides is 1. The summed E-state index contributed by atoms with van der Waals surface area (Å²) < 4.78 is 11.6. The third kappa shape index (κ3) is 4.73. The Morgan fingerprint density at radius 2 is 1.83 bits per heavy atom. The molecule has 0 radical (unpaired) electrons. The first-order valence-corrected chi connectivity index (χ1v) is 10.7. The third-order valence-corrected chi connectivity index (χ3v) is 5.83. The van der Waals surface area contributed by atoms with Crippen molar-refractivity contribution in [1.82, 2.24) is 10.3 Å². The van der Waals surface area contributed by atoms with Crippen LogP contribution in [0.15, 0.2) is 59.0 Å². The lowest BCUT2D eigenvalue weighted by Gasteiger charge is -2.29. The van der Waals surface area contributed by atoms with Gasteiger partial charge in [0.25, 0.3) is 5.91 Å². The minimum atomic E-state index is -0.0131. The SMILES string of the molecule is Cc1oc(-c2ccc(C(=O)NC3CCCCC3C)cc2)nc1COc1ccccc1. The molecule has 0 spiro atoms. The minimum absolute atomic E-state index is 0.0131. The molecule has 0 saturated heterocycles. The lowest BCUT2D eigenvalue weighted by molar-refractivity contribution is 0.0910. The highest BCUT2D eigenvalue weighted by Gasteiger charge is 2.23. The smallest absolute Gasteiger partial charge is 0.251 e. The molecule has 0 bridgehead atoms. The fraction of sp³-hybridized carbons (Fsp3) is 0.360. The van der Waals surface area contributed by atoms with Crippen molar-refractivity contribution in [2.24, 2.45) is 5.92 Å². The number of carbonyl (C=O) groups excluding carboxylic acids is 1. The van der Waals surface area contributed by atoms with Gasteiger partial charge in [-0.1, -0.05) is 38.0 Å². The van der Waals surface area contributed by atoms with Crippen molar-refractivity contribution in [3.05, 3.63) is 71.6 Å². The molecule has 1 aliphatic rings. The van der Waals surface area contributed by atoms with Crippen LogP contribution in [-0.2, 0) is 6.61 Å². The van der Waals surface area contributed by atoms with Crippen molar-refractivity contribution in [3.63, 3.8) is 0 Å². The molecule has 1 fully saturated rings. The van der Waals surface area contributed by atoms with Gasteiger partial charge in [0.15, 0.2) is 0 Å². The maximum atomic E-state index is 12.6. The topological polar surface area (TPSA) is 64.4 Å². The summed E-state index contributed by atoms with van der Waals surface area (Å²) in [6, 6.07) is 17.3. The lowest BCUT2D eigenvalue weighted by atomic mass is 9.86. The highest BCUT2D eigenvalue weighted by atomic mass is 16.5. The van der Waals surface area contributed by atoms with Crippen LogP contribution in [-0.4, -0.2) is 16.9 Å². The standard InChI is InChI=1S/C25H28N2O3/c1-17-8-6-7-11-22(17)26-24(28)19-12-14-20(15-13-19)25-27-23(18(2)30-25)16-29-21-9-4-3-5-10-21/h3-5,9-10,12-15,17,22H,6-8,11,16H2,1-2H3,(H,26,28). The zero-order valence-electron chi connectivity index (χ0n) is 17.6. The Bertz CT molecular complexity index is 979. The number of aromatic nitrogens is 1. The van der Waals surface area contributed by atoms with E-state index < -0.39 is 0 Å². The van der Waals surface area contributed by atoms with Crippen molar-refractivity contribution in [2.75, 3.05) is 0 Å². The third-order valence-electron chi connectivity index (χ3n) is 5.83. The van der Waals surface area contributed by atoms with Gasteiger partial charge in [-0.05, 0) is 62.1 Å². The van der Waals surface area contributed by atoms with Gasteiger partial charge in [0.2, 0.25) is 5.89 Å². The average molecular weight is 405 g/mol. The lowest BCUT2D eigenvalue weighted by Crippen LogP contribution is -2.41. The zero-order valence-corrected chi connectivity index (χ0v) is 17.6. The number of carbonyl (C=O) groups is 1. The number of benzene rings is 2. The fourth-order valence-corrected chi connectivity index (χ4v) is 3.90. The van der Waals surface area contributed by atoms with Crippen molar-refractivity contribution < 1.29 is 13.9 Å². The highest BCUT2D eigenvalue weighted by Crippen LogP contribution is 2.25. The van der Waals surface area contributed by atoms with Gasteiger partial charge in [-0.25, -0.2) is 4.98 Å². The second-order valence-electron chi connectivity index (χ2n) is 8.04. The van der Waals surface area contributed by atoms with E-state index in [0.29, 0.717) is 24.0 Å². The number of nitrogens with zero attached hydrogens (tertiary/aromatic N) is 1. The van der Waals surface area contributed by atoms with Crippen molar-refractivity contribution >= 4 is 5.91 Å². The van der Waals surface area contributed by atoms with Crippen molar-refractivity contribution in [3.8, 4) is 17.2 Å². The summed E-state index contributed by atoms with van der Waals surface area (Å²) in [6.07, 6.45) is 4.70. The maximum absolute atomic E-state index is 12.6. The van der Waals surface area contributed by atoms with Crippen molar-refractivity contribution in [2.45, 2.75) is 52.2 Å². The number of nitrogens with one attached hydrogen (secondary N) is 1. The van der Waals surface area contributed by atoms with Gasteiger partial charge in [0.05, 0.1) is 0 Å². The first-order chi connectivity index (χ1) is 14.6. The maximum Gasteiger partial charge on any atom is 0.251 e. The minimum Gasteiger partial charge on any atom is -0.487 e. The van der Waals surface area contributed by atoms with Crippen LogP contribution < -0.4 is 10.1 Å². The number of aryl methyl sites for hydroxylation is 1. The Balaban J connectivity index is 1.40. The molecule has 156 valence electrons. The van der Waals surface area contributed by atoms with Crippen LogP contribution in [0.2, 0.25) is 0 Å². The van der Waals surface area contributed by atoms with Crippen LogP contribution in [0.3, 0.4) is 0 Å². The van der Waals surface area contributed by atoms with Crippen LogP contribution >= 0.6 is 0 Å². The molecular weight excluding hydrogens is 376 g/mol. The first kappa shape index (κ1) is 20.2. The van der Waals surface area contributed by atoms with Gasteiger partial charge < -0.3 is 14.5 Å². The van der Waals surface area contributed by atoms with E-state index in [0.717, 1.165) is 29.2 Å². The van der Waals surface area contributed by atoms with Crippen molar-refractivity contribution in [1.29, 1.82) is 0 Å². The number of ether oxygens (including phenoxy) is 1.